The van der Waals surface area contributed by atoms with E-state index in [2.05, 4.69) is 10.6 Å². The number of anilines is 1. The van der Waals surface area contributed by atoms with Crippen molar-refractivity contribution in [2.24, 2.45) is 0 Å². The first-order chi connectivity index (χ1) is 6.65. The Balaban J connectivity index is 2.80. The predicted molar refractivity (Wildman–Crippen MR) is 54.1 cm³/mol. The number of para-hydroxylation sites is 1. The van der Waals surface area contributed by atoms with Gasteiger partial charge in [0.1, 0.15) is 5.82 Å². The molecule has 1 aromatic rings. The average Bonchev–Trinajstić information content (AvgIpc) is 2.12. The molecule has 0 aliphatic heterocycles. The second kappa shape index (κ2) is 4.81. The van der Waals surface area contributed by atoms with E-state index in [9.17, 15) is 9.18 Å². The van der Waals surface area contributed by atoms with Crippen LogP contribution in [0.1, 0.15) is 6.92 Å². The summed E-state index contributed by atoms with van der Waals surface area (Å²) >= 11 is 5.69. The fraction of sp³-hybridized carbons (Fsp3) is 0.222. The molecule has 0 radical (unpaired) electrons. The summed E-state index contributed by atoms with van der Waals surface area (Å²) in [5.41, 5.74) is 0.000108. The van der Waals surface area contributed by atoms with Crippen LogP contribution in [-0.4, -0.2) is 12.6 Å². The van der Waals surface area contributed by atoms with Gasteiger partial charge in [-0.1, -0.05) is 17.7 Å². The Labute approximate surface area is 86.3 Å². The van der Waals surface area contributed by atoms with Crippen LogP contribution in [0.4, 0.5) is 14.9 Å². The molecule has 1 rings (SSSR count). The molecule has 2 amide bonds. The van der Waals surface area contributed by atoms with E-state index in [1.54, 1.807) is 6.92 Å². The fourth-order valence-corrected chi connectivity index (χ4v) is 1.15. The number of hydrogen-bond donors (Lipinski definition) is 2. The number of carbonyl (C=O) groups excluding carboxylic acids is 1. The van der Waals surface area contributed by atoms with Gasteiger partial charge in [-0.25, -0.2) is 9.18 Å². The van der Waals surface area contributed by atoms with Crippen LogP contribution in [0.3, 0.4) is 0 Å². The van der Waals surface area contributed by atoms with Crippen molar-refractivity contribution in [3.8, 4) is 0 Å². The topological polar surface area (TPSA) is 41.1 Å². The molecule has 0 unspecified atom stereocenters. The minimum absolute atomic E-state index is 0.000108. The molecule has 0 atom stereocenters. The minimum Gasteiger partial charge on any atom is -0.338 e. The number of benzene rings is 1. The standard InChI is InChI=1S/C9H10ClFN2O/c1-2-12-9(14)13-8-6(10)4-3-5-7(8)11/h3-5H,2H2,1H3,(H2,12,13,14). The summed E-state index contributed by atoms with van der Waals surface area (Å²) in [6, 6.07) is 3.74. The highest BCUT2D eigenvalue weighted by Crippen LogP contribution is 2.24. The maximum absolute atomic E-state index is 13.1. The highest BCUT2D eigenvalue weighted by molar-refractivity contribution is 6.33. The normalized spacial score (nSPS) is 9.64. The third-order valence-corrected chi connectivity index (χ3v) is 1.85. The van der Waals surface area contributed by atoms with Gasteiger partial charge < -0.3 is 10.6 Å². The van der Waals surface area contributed by atoms with Crippen LogP contribution < -0.4 is 10.6 Å². The maximum Gasteiger partial charge on any atom is 0.319 e. The molecule has 0 heterocycles. The van der Waals surface area contributed by atoms with Gasteiger partial charge in [-0.2, -0.15) is 0 Å². The van der Waals surface area contributed by atoms with E-state index in [4.69, 9.17) is 11.6 Å². The predicted octanol–water partition coefficient (Wildman–Crippen LogP) is 2.62. The number of halogens is 2. The van der Waals surface area contributed by atoms with E-state index < -0.39 is 11.8 Å². The van der Waals surface area contributed by atoms with Gasteiger partial charge in [-0.3, -0.25) is 0 Å². The van der Waals surface area contributed by atoms with E-state index in [0.29, 0.717) is 6.54 Å². The first-order valence-electron chi connectivity index (χ1n) is 4.14. The first-order valence-corrected chi connectivity index (χ1v) is 4.51. The Morgan fingerprint density at radius 1 is 1.57 bits per heavy atom. The molecule has 14 heavy (non-hydrogen) atoms. The molecule has 5 heteroatoms. The van der Waals surface area contributed by atoms with Crippen LogP contribution >= 0.6 is 11.6 Å². The van der Waals surface area contributed by atoms with Crippen LogP contribution in [-0.2, 0) is 0 Å². The molecule has 2 N–H and O–H groups in total. The van der Waals surface area contributed by atoms with Gasteiger partial charge in [-0.05, 0) is 19.1 Å². The molecule has 0 aromatic heterocycles. The zero-order valence-corrected chi connectivity index (χ0v) is 8.36. The number of urea groups is 1. The summed E-state index contributed by atoms with van der Waals surface area (Å²) < 4.78 is 13.1. The second-order valence-corrected chi connectivity index (χ2v) is 2.99. The fourth-order valence-electron chi connectivity index (χ4n) is 0.936. The van der Waals surface area contributed by atoms with Gasteiger partial charge in [0.2, 0.25) is 0 Å². The van der Waals surface area contributed by atoms with Crippen LogP contribution in [0.15, 0.2) is 18.2 Å². The Kier molecular flexibility index (Phi) is 3.71. The molecule has 0 saturated carbocycles. The summed E-state index contributed by atoms with van der Waals surface area (Å²) in [5.74, 6) is -0.552. The van der Waals surface area contributed by atoms with Crippen molar-refractivity contribution in [1.29, 1.82) is 0 Å². The number of amides is 2. The Morgan fingerprint density at radius 2 is 2.29 bits per heavy atom. The molecule has 0 bridgehead atoms. The molecule has 76 valence electrons. The van der Waals surface area contributed by atoms with Crippen LogP contribution in [0, 0.1) is 5.82 Å². The molecule has 0 fully saturated rings. The molecule has 0 spiro atoms. The molecule has 1 aromatic carbocycles. The Hall–Kier alpha value is -1.29. The van der Waals surface area contributed by atoms with E-state index in [1.165, 1.54) is 18.2 Å². The zero-order valence-electron chi connectivity index (χ0n) is 7.60. The summed E-state index contributed by atoms with van der Waals surface area (Å²) in [7, 11) is 0. The average molecular weight is 217 g/mol. The summed E-state index contributed by atoms with van der Waals surface area (Å²) in [4.78, 5) is 11.1. The molecular weight excluding hydrogens is 207 g/mol. The van der Waals surface area contributed by atoms with Crippen molar-refractivity contribution in [3.05, 3.63) is 29.0 Å². The lowest BCUT2D eigenvalue weighted by molar-refractivity contribution is 0.252. The van der Waals surface area contributed by atoms with Gasteiger partial charge in [0.05, 0.1) is 10.7 Å². The Bertz CT molecular complexity index is 323. The van der Waals surface area contributed by atoms with E-state index >= 15 is 0 Å². The number of rotatable bonds is 2. The highest BCUT2D eigenvalue weighted by atomic mass is 35.5. The van der Waals surface area contributed by atoms with E-state index in [-0.39, 0.29) is 10.7 Å². The van der Waals surface area contributed by atoms with Crippen molar-refractivity contribution in [2.45, 2.75) is 6.92 Å². The summed E-state index contributed by atoms with van der Waals surface area (Å²) in [6.45, 7) is 2.24. The highest BCUT2D eigenvalue weighted by Gasteiger charge is 2.08. The van der Waals surface area contributed by atoms with Crippen LogP contribution in [0.25, 0.3) is 0 Å². The SMILES string of the molecule is CCNC(=O)Nc1c(F)cccc1Cl. The molecule has 0 aliphatic carbocycles. The van der Waals surface area contributed by atoms with Crippen LogP contribution in [0.2, 0.25) is 5.02 Å². The third-order valence-electron chi connectivity index (χ3n) is 1.54. The van der Waals surface area contributed by atoms with E-state index in [0.717, 1.165) is 0 Å². The number of nitrogens with one attached hydrogen (secondary N) is 2. The lowest BCUT2D eigenvalue weighted by Crippen LogP contribution is -2.28. The molecule has 0 aliphatic rings. The third kappa shape index (κ3) is 2.60. The Morgan fingerprint density at radius 3 is 2.86 bits per heavy atom. The smallest absolute Gasteiger partial charge is 0.319 e. The van der Waals surface area contributed by atoms with E-state index in [1.807, 2.05) is 0 Å². The second-order valence-electron chi connectivity index (χ2n) is 2.58. The molecule has 3 nitrogen and oxygen atoms in total. The monoisotopic (exact) mass is 216 g/mol. The largest absolute Gasteiger partial charge is 0.338 e. The van der Waals surface area contributed by atoms with Gasteiger partial charge in [0.25, 0.3) is 0 Å². The van der Waals surface area contributed by atoms with Crippen molar-refractivity contribution < 1.29 is 9.18 Å². The van der Waals surface area contributed by atoms with Gasteiger partial charge in [-0.15, -0.1) is 0 Å². The van der Waals surface area contributed by atoms with Crippen molar-refractivity contribution in [1.82, 2.24) is 5.32 Å². The lowest BCUT2D eigenvalue weighted by Gasteiger charge is -2.08. The quantitative estimate of drug-likeness (QED) is 0.784. The van der Waals surface area contributed by atoms with Gasteiger partial charge in [0, 0.05) is 6.54 Å². The number of carbonyl (C=O) groups is 1. The van der Waals surface area contributed by atoms with Crippen LogP contribution in [0.5, 0.6) is 0 Å². The summed E-state index contributed by atoms with van der Waals surface area (Å²) in [6.07, 6.45) is 0. The van der Waals surface area contributed by atoms with Gasteiger partial charge in [0.15, 0.2) is 0 Å². The minimum atomic E-state index is -0.552. The summed E-state index contributed by atoms with van der Waals surface area (Å²) in [5, 5.41) is 4.97. The lowest BCUT2D eigenvalue weighted by atomic mass is 10.3. The van der Waals surface area contributed by atoms with Crippen molar-refractivity contribution >= 4 is 23.3 Å². The zero-order chi connectivity index (χ0) is 10.6. The first kappa shape index (κ1) is 10.8. The van der Waals surface area contributed by atoms with Crippen molar-refractivity contribution in [2.75, 3.05) is 11.9 Å². The maximum atomic E-state index is 13.1. The number of hydrogen-bond acceptors (Lipinski definition) is 1. The van der Waals surface area contributed by atoms with Gasteiger partial charge >= 0.3 is 6.03 Å². The van der Waals surface area contributed by atoms with Crippen molar-refractivity contribution in [3.63, 3.8) is 0 Å². The molecule has 0 saturated heterocycles. The molecular formula is C9H10ClFN2O.